The molecule has 1 atom stereocenters. The molecule has 162 valence electrons. The number of benzene rings is 2. The van der Waals surface area contributed by atoms with Gasteiger partial charge in [0, 0.05) is 11.6 Å². The van der Waals surface area contributed by atoms with E-state index in [1.807, 2.05) is 6.92 Å². The Bertz CT molecular complexity index is 1230. The average molecular weight is 481 g/mol. The monoisotopic (exact) mass is 480 g/mol. The minimum Gasteiger partial charge on any atom is -0.403 e. The number of halogens is 2. The van der Waals surface area contributed by atoms with Crippen LogP contribution in [0.5, 0.6) is 0 Å². The lowest BCUT2D eigenvalue weighted by molar-refractivity contribution is -0.119. The Balaban J connectivity index is 1.52. The lowest BCUT2D eigenvalue weighted by atomic mass is 10.2. The third-order valence-corrected chi connectivity index (χ3v) is 7.42. The summed E-state index contributed by atoms with van der Waals surface area (Å²) in [5.74, 6) is -0.432. The Morgan fingerprint density at radius 1 is 1.16 bits per heavy atom. The molecule has 1 saturated heterocycles. The first kappa shape index (κ1) is 21.8. The van der Waals surface area contributed by atoms with E-state index in [1.54, 1.807) is 24.3 Å². The molecule has 4 rings (SSSR count). The van der Waals surface area contributed by atoms with Gasteiger partial charge in [-0.1, -0.05) is 46.0 Å². The molecule has 1 amide bonds. The molecule has 0 bridgehead atoms. The maximum absolute atomic E-state index is 13.0. The molecular formula is C20H18Cl2N4O4S. The highest BCUT2D eigenvalue weighted by atomic mass is 35.5. The van der Waals surface area contributed by atoms with Crippen molar-refractivity contribution in [2.45, 2.75) is 30.7 Å². The molecule has 8 nitrogen and oxygen atoms in total. The van der Waals surface area contributed by atoms with Crippen LogP contribution in [-0.2, 0) is 14.8 Å². The number of aryl methyl sites for hydroxylation is 1. The fourth-order valence-corrected chi connectivity index (χ4v) is 5.52. The van der Waals surface area contributed by atoms with Crippen molar-refractivity contribution >= 4 is 45.1 Å². The molecule has 31 heavy (non-hydrogen) atoms. The summed E-state index contributed by atoms with van der Waals surface area (Å²) < 4.78 is 32.8. The Labute approximate surface area is 189 Å². The minimum absolute atomic E-state index is 0.104. The zero-order valence-corrected chi connectivity index (χ0v) is 18.7. The summed E-state index contributed by atoms with van der Waals surface area (Å²) >= 11 is 12.0. The summed E-state index contributed by atoms with van der Waals surface area (Å²) in [6, 6.07) is 10.3. The summed E-state index contributed by atoms with van der Waals surface area (Å²) in [6.45, 7) is 2.13. The van der Waals surface area contributed by atoms with Crippen molar-refractivity contribution in [1.29, 1.82) is 0 Å². The van der Waals surface area contributed by atoms with Crippen LogP contribution in [0, 0.1) is 6.92 Å². The highest BCUT2D eigenvalue weighted by Gasteiger charge is 2.39. The van der Waals surface area contributed by atoms with E-state index in [0.29, 0.717) is 28.5 Å². The molecule has 1 aliphatic heterocycles. The van der Waals surface area contributed by atoms with Gasteiger partial charge in [0.05, 0.1) is 15.5 Å². The van der Waals surface area contributed by atoms with Gasteiger partial charge < -0.3 is 4.42 Å². The van der Waals surface area contributed by atoms with Crippen molar-refractivity contribution in [2.24, 2.45) is 0 Å². The molecule has 2 aromatic carbocycles. The zero-order valence-electron chi connectivity index (χ0n) is 16.4. The van der Waals surface area contributed by atoms with Crippen molar-refractivity contribution in [2.75, 3.05) is 11.9 Å². The van der Waals surface area contributed by atoms with Crippen LogP contribution in [0.25, 0.3) is 11.5 Å². The second-order valence-electron chi connectivity index (χ2n) is 7.11. The van der Waals surface area contributed by atoms with Crippen LogP contribution in [0.2, 0.25) is 10.0 Å². The van der Waals surface area contributed by atoms with E-state index >= 15 is 0 Å². The van der Waals surface area contributed by atoms with E-state index in [0.717, 1.165) is 5.56 Å². The molecule has 11 heteroatoms. The van der Waals surface area contributed by atoms with Crippen LogP contribution >= 0.6 is 23.2 Å². The maximum atomic E-state index is 13.0. The fraction of sp³-hybridized carbons (Fsp3) is 0.250. The van der Waals surface area contributed by atoms with Crippen LogP contribution in [0.3, 0.4) is 0 Å². The van der Waals surface area contributed by atoms with Gasteiger partial charge in [0.15, 0.2) is 0 Å². The number of sulfonamides is 1. The smallest absolute Gasteiger partial charge is 0.322 e. The number of carbonyl (C=O) groups excluding carboxylic acids is 1. The van der Waals surface area contributed by atoms with Crippen molar-refractivity contribution in [1.82, 2.24) is 14.5 Å². The third kappa shape index (κ3) is 4.45. The molecule has 3 aromatic rings. The highest BCUT2D eigenvalue weighted by Crippen LogP contribution is 2.31. The van der Waals surface area contributed by atoms with E-state index in [4.69, 9.17) is 27.6 Å². The van der Waals surface area contributed by atoms with Gasteiger partial charge in [-0.2, -0.15) is 4.31 Å². The van der Waals surface area contributed by atoms with Crippen LogP contribution in [0.15, 0.2) is 51.8 Å². The quantitative estimate of drug-likeness (QED) is 0.587. The molecule has 0 radical (unpaired) electrons. The van der Waals surface area contributed by atoms with Crippen molar-refractivity contribution in [3.63, 3.8) is 0 Å². The first-order valence-electron chi connectivity index (χ1n) is 9.44. The van der Waals surface area contributed by atoms with Crippen LogP contribution in [-0.4, -0.2) is 41.4 Å². The van der Waals surface area contributed by atoms with Gasteiger partial charge in [-0.05, 0) is 50.1 Å². The number of nitrogens with zero attached hydrogens (tertiary/aromatic N) is 3. The fourth-order valence-electron chi connectivity index (χ4n) is 3.37. The lowest BCUT2D eigenvalue weighted by Gasteiger charge is -2.22. The molecule has 0 aliphatic carbocycles. The van der Waals surface area contributed by atoms with Crippen LogP contribution in [0.4, 0.5) is 6.01 Å². The number of nitrogens with one attached hydrogen (secondary N) is 1. The summed E-state index contributed by atoms with van der Waals surface area (Å²) in [5, 5.41) is 11.0. The average Bonchev–Trinajstić information content (AvgIpc) is 3.38. The first-order chi connectivity index (χ1) is 14.8. The number of anilines is 1. The predicted molar refractivity (Wildman–Crippen MR) is 116 cm³/mol. The van der Waals surface area contributed by atoms with Gasteiger partial charge in [0.25, 0.3) is 5.89 Å². The van der Waals surface area contributed by atoms with Crippen molar-refractivity contribution in [3.05, 3.63) is 58.1 Å². The molecule has 1 unspecified atom stereocenters. The second-order valence-corrected chi connectivity index (χ2v) is 9.85. The summed E-state index contributed by atoms with van der Waals surface area (Å²) in [4.78, 5) is 13.0. The summed E-state index contributed by atoms with van der Waals surface area (Å²) in [5.41, 5.74) is 1.41. The molecule has 1 aromatic heterocycles. The highest BCUT2D eigenvalue weighted by molar-refractivity contribution is 7.89. The molecule has 1 aliphatic rings. The van der Waals surface area contributed by atoms with Crippen LogP contribution < -0.4 is 5.32 Å². The molecular weight excluding hydrogens is 463 g/mol. The molecule has 1 fully saturated rings. The number of aromatic nitrogens is 2. The first-order valence-corrected chi connectivity index (χ1v) is 11.6. The predicted octanol–water partition coefficient (Wildman–Crippen LogP) is 4.14. The Hall–Kier alpha value is -2.46. The van der Waals surface area contributed by atoms with Crippen molar-refractivity contribution in [3.8, 4) is 11.5 Å². The Morgan fingerprint density at radius 3 is 2.61 bits per heavy atom. The number of carbonyl (C=O) groups is 1. The van der Waals surface area contributed by atoms with E-state index < -0.39 is 22.0 Å². The lowest BCUT2D eigenvalue weighted by Crippen LogP contribution is -2.43. The third-order valence-electron chi connectivity index (χ3n) is 4.95. The van der Waals surface area contributed by atoms with E-state index in [-0.39, 0.29) is 23.3 Å². The summed E-state index contributed by atoms with van der Waals surface area (Å²) in [7, 11) is -3.81. The Morgan fingerprint density at radius 2 is 1.90 bits per heavy atom. The number of hydrogen-bond acceptors (Lipinski definition) is 6. The van der Waals surface area contributed by atoms with Gasteiger partial charge in [0.1, 0.15) is 6.04 Å². The molecule has 1 N–H and O–H groups in total. The maximum Gasteiger partial charge on any atom is 0.322 e. The summed E-state index contributed by atoms with van der Waals surface area (Å²) in [6.07, 6.45) is 0.958. The van der Waals surface area contributed by atoms with Gasteiger partial charge in [-0.15, -0.1) is 5.10 Å². The van der Waals surface area contributed by atoms with E-state index in [9.17, 15) is 13.2 Å². The van der Waals surface area contributed by atoms with E-state index in [1.165, 1.54) is 22.5 Å². The topological polar surface area (TPSA) is 105 Å². The normalized spacial score (nSPS) is 17.1. The molecule has 2 heterocycles. The molecule has 0 spiro atoms. The van der Waals surface area contributed by atoms with Gasteiger partial charge in [0.2, 0.25) is 15.9 Å². The largest absolute Gasteiger partial charge is 0.403 e. The van der Waals surface area contributed by atoms with Gasteiger partial charge in [-0.25, -0.2) is 8.42 Å². The standard InChI is InChI=1S/C20H18Cl2N4O4S/c1-12-4-7-14(8-5-12)31(28,29)26-10-2-3-17(26)18(27)23-20-25-24-19(30-20)15-9-6-13(21)11-16(15)22/h4-9,11,17H,2-3,10H2,1H3,(H,23,25,27). The van der Waals surface area contributed by atoms with Crippen LogP contribution in [0.1, 0.15) is 18.4 Å². The zero-order chi connectivity index (χ0) is 22.2. The number of hydrogen-bond donors (Lipinski definition) is 1. The minimum atomic E-state index is -3.81. The molecule has 0 saturated carbocycles. The second kappa shape index (κ2) is 8.58. The van der Waals surface area contributed by atoms with Gasteiger partial charge in [-0.3, -0.25) is 10.1 Å². The SMILES string of the molecule is Cc1ccc(S(=O)(=O)N2CCCC2C(=O)Nc2nnc(-c3ccc(Cl)cc3Cl)o2)cc1. The number of amides is 1. The van der Waals surface area contributed by atoms with Crippen molar-refractivity contribution < 1.29 is 17.6 Å². The number of rotatable bonds is 5. The Kier molecular flexibility index (Phi) is 6.02. The van der Waals surface area contributed by atoms with Gasteiger partial charge >= 0.3 is 6.01 Å². The van der Waals surface area contributed by atoms with E-state index in [2.05, 4.69) is 15.5 Å².